The van der Waals surface area contributed by atoms with Crippen LogP contribution in [0.25, 0.3) is 5.69 Å². The van der Waals surface area contributed by atoms with E-state index >= 15 is 0 Å². The summed E-state index contributed by atoms with van der Waals surface area (Å²) in [5.74, 6) is -1.75. The Morgan fingerprint density at radius 1 is 1.37 bits per heavy atom. The van der Waals surface area contributed by atoms with Gasteiger partial charge in [-0.1, -0.05) is 0 Å². The number of carbonyl (C=O) groups is 2. The molecule has 0 saturated carbocycles. The molecule has 7 heteroatoms. The molecule has 1 heterocycles. The number of hydrogen-bond acceptors (Lipinski definition) is 5. The van der Waals surface area contributed by atoms with Crippen LogP contribution in [0.3, 0.4) is 0 Å². The van der Waals surface area contributed by atoms with E-state index in [1.165, 1.54) is 32.5 Å². The lowest BCUT2D eigenvalue weighted by Crippen LogP contribution is -2.06. The first-order valence-corrected chi connectivity index (χ1v) is 5.33. The molecule has 0 fully saturated rings. The summed E-state index contributed by atoms with van der Waals surface area (Å²) in [6.45, 7) is 1.35. The smallest absolute Gasteiger partial charge is 0.377 e. The summed E-state index contributed by atoms with van der Waals surface area (Å²) in [7, 11) is 1.20. The highest BCUT2D eigenvalue weighted by atomic mass is 19.1. The van der Waals surface area contributed by atoms with E-state index < -0.39 is 11.8 Å². The lowest BCUT2D eigenvalue weighted by Gasteiger charge is -2.03. The molecule has 0 atom stereocenters. The molecule has 0 spiro atoms. The average molecular weight is 263 g/mol. The molecule has 0 saturated heterocycles. The van der Waals surface area contributed by atoms with Crippen LogP contribution >= 0.6 is 0 Å². The van der Waals surface area contributed by atoms with Gasteiger partial charge in [0.25, 0.3) is 5.82 Å². The molecule has 2 aromatic rings. The molecule has 6 nitrogen and oxygen atoms in total. The quantitative estimate of drug-likeness (QED) is 0.618. The van der Waals surface area contributed by atoms with Gasteiger partial charge in [0.2, 0.25) is 0 Å². The lowest BCUT2D eigenvalue weighted by atomic mass is 10.1. The fourth-order valence-electron chi connectivity index (χ4n) is 1.48. The third-order valence-electron chi connectivity index (χ3n) is 2.46. The van der Waals surface area contributed by atoms with Crippen molar-refractivity contribution in [2.45, 2.75) is 6.92 Å². The third-order valence-corrected chi connectivity index (χ3v) is 2.46. The molecular formula is C12H10FN3O3. The van der Waals surface area contributed by atoms with E-state index in [0.717, 1.165) is 10.7 Å². The average Bonchev–Trinajstić information content (AvgIpc) is 2.87. The van der Waals surface area contributed by atoms with Crippen LogP contribution in [0.2, 0.25) is 0 Å². The van der Waals surface area contributed by atoms with Crippen LogP contribution < -0.4 is 0 Å². The number of rotatable bonds is 3. The molecule has 0 aliphatic rings. The zero-order chi connectivity index (χ0) is 14.0. The second-order valence-electron chi connectivity index (χ2n) is 3.73. The summed E-state index contributed by atoms with van der Waals surface area (Å²) in [6, 6.07) is 3.97. The number of ketones is 1. The lowest BCUT2D eigenvalue weighted by molar-refractivity contribution is 0.0586. The molecule has 98 valence electrons. The number of benzene rings is 1. The Bertz CT molecular complexity index is 651. The van der Waals surface area contributed by atoms with Gasteiger partial charge < -0.3 is 4.74 Å². The predicted octanol–water partition coefficient (Wildman–Crippen LogP) is 1.40. The van der Waals surface area contributed by atoms with Gasteiger partial charge in [0.15, 0.2) is 5.78 Å². The van der Waals surface area contributed by atoms with Crippen LogP contribution in [0.1, 0.15) is 27.9 Å². The van der Waals surface area contributed by atoms with E-state index in [1.807, 2.05) is 0 Å². The Hall–Kier alpha value is -2.57. The molecule has 0 aliphatic carbocycles. The standard InChI is InChI=1S/C12H10FN3O3/c1-7(17)8-3-4-10(9(13)5-8)16-6-14-11(15-16)12(18)19-2/h3-6H,1-2H3. The van der Waals surface area contributed by atoms with E-state index in [9.17, 15) is 14.0 Å². The van der Waals surface area contributed by atoms with Crippen molar-refractivity contribution in [2.75, 3.05) is 7.11 Å². The molecule has 1 aromatic heterocycles. The predicted molar refractivity (Wildman–Crippen MR) is 62.7 cm³/mol. The van der Waals surface area contributed by atoms with Crippen LogP contribution in [0.4, 0.5) is 4.39 Å². The van der Waals surface area contributed by atoms with Gasteiger partial charge in [-0.2, -0.15) is 0 Å². The van der Waals surface area contributed by atoms with Crippen LogP contribution in [0.5, 0.6) is 0 Å². The minimum atomic E-state index is -0.709. The summed E-state index contributed by atoms with van der Waals surface area (Å²) in [6.07, 6.45) is 1.19. The molecular weight excluding hydrogens is 253 g/mol. The molecule has 1 aromatic carbocycles. The third kappa shape index (κ3) is 2.49. The molecule has 0 N–H and O–H groups in total. The first-order valence-electron chi connectivity index (χ1n) is 5.33. The minimum absolute atomic E-state index is 0.0904. The second-order valence-corrected chi connectivity index (χ2v) is 3.73. The maximum absolute atomic E-state index is 13.8. The van der Waals surface area contributed by atoms with Crippen molar-refractivity contribution in [2.24, 2.45) is 0 Å². The largest absolute Gasteiger partial charge is 0.463 e. The molecule has 2 rings (SSSR count). The van der Waals surface area contributed by atoms with Gasteiger partial charge in [-0.05, 0) is 25.1 Å². The number of Topliss-reactive ketones (excluding diaryl/α,β-unsaturated/α-hetero) is 1. The van der Waals surface area contributed by atoms with E-state index in [4.69, 9.17) is 0 Å². The van der Waals surface area contributed by atoms with Crippen LogP contribution in [0, 0.1) is 5.82 Å². The first-order chi connectivity index (χ1) is 9.02. The van der Waals surface area contributed by atoms with Gasteiger partial charge in [-0.3, -0.25) is 4.79 Å². The van der Waals surface area contributed by atoms with E-state index in [-0.39, 0.29) is 22.9 Å². The van der Waals surface area contributed by atoms with E-state index in [2.05, 4.69) is 14.8 Å². The number of methoxy groups -OCH3 is 1. The molecule has 0 radical (unpaired) electrons. The maximum atomic E-state index is 13.8. The van der Waals surface area contributed by atoms with Crippen molar-refractivity contribution >= 4 is 11.8 Å². The fourth-order valence-corrected chi connectivity index (χ4v) is 1.48. The minimum Gasteiger partial charge on any atom is -0.463 e. The number of nitrogens with zero attached hydrogens (tertiary/aromatic N) is 3. The molecule has 0 unspecified atom stereocenters. The van der Waals surface area contributed by atoms with Crippen molar-refractivity contribution in [3.05, 3.63) is 41.7 Å². The Morgan fingerprint density at radius 2 is 2.11 bits per heavy atom. The zero-order valence-electron chi connectivity index (χ0n) is 10.3. The topological polar surface area (TPSA) is 74.1 Å². The highest BCUT2D eigenvalue weighted by Crippen LogP contribution is 2.14. The normalized spacial score (nSPS) is 10.3. The highest BCUT2D eigenvalue weighted by Gasteiger charge is 2.14. The van der Waals surface area contributed by atoms with E-state index in [1.54, 1.807) is 0 Å². The maximum Gasteiger partial charge on any atom is 0.377 e. The number of ether oxygens (including phenoxy) is 1. The molecule has 0 bridgehead atoms. The molecule has 19 heavy (non-hydrogen) atoms. The monoisotopic (exact) mass is 263 g/mol. The van der Waals surface area contributed by atoms with E-state index in [0.29, 0.717) is 0 Å². The zero-order valence-corrected chi connectivity index (χ0v) is 10.3. The number of aromatic nitrogens is 3. The van der Waals surface area contributed by atoms with Gasteiger partial charge in [-0.15, -0.1) is 5.10 Å². The summed E-state index contributed by atoms with van der Waals surface area (Å²) in [4.78, 5) is 26.0. The molecule has 0 aliphatic heterocycles. The number of halogens is 1. The summed E-state index contributed by atoms with van der Waals surface area (Å²) >= 11 is 0. The molecule has 0 amide bonds. The van der Waals surface area contributed by atoms with Crippen molar-refractivity contribution in [3.63, 3.8) is 0 Å². The highest BCUT2D eigenvalue weighted by molar-refractivity contribution is 5.94. The van der Waals surface area contributed by atoms with Gasteiger partial charge in [0.1, 0.15) is 17.8 Å². The van der Waals surface area contributed by atoms with Crippen molar-refractivity contribution < 1.29 is 18.7 Å². The van der Waals surface area contributed by atoms with Gasteiger partial charge in [0.05, 0.1) is 7.11 Å². The number of esters is 1. The second kappa shape index (κ2) is 4.97. The van der Waals surface area contributed by atoms with Crippen molar-refractivity contribution in [1.29, 1.82) is 0 Å². The summed E-state index contributed by atoms with van der Waals surface area (Å²) < 4.78 is 19.4. The summed E-state index contributed by atoms with van der Waals surface area (Å²) in [5.41, 5.74) is 0.349. The Labute approximate surface area is 107 Å². The van der Waals surface area contributed by atoms with Crippen molar-refractivity contribution in [1.82, 2.24) is 14.8 Å². The number of carbonyl (C=O) groups excluding carboxylic acids is 2. The number of hydrogen-bond donors (Lipinski definition) is 0. The Balaban J connectivity index is 2.39. The SMILES string of the molecule is COC(=O)c1ncn(-c2ccc(C(C)=O)cc2F)n1. The van der Waals surface area contributed by atoms with Crippen LogP contribution in [-0.4, -0.2) is 33.6 Å². The van der Waals surface area contributed by atoms with Crippen LogP contribution in [0.15, 0.2) is 24.5 Å². The van der Waals surface area contributed by atoms with Gasteiger partial charge >= 0.3 is 5.97 Å². The fraction of sp³-hybridized carbons (Fsp3) is 0.167. The first kappa shape index (κ1) is 12.9. The van der Waals surface area contributed by atoms with Crippen LogP contribution in [-0.2, 0) is 4.74 Å². The summed E-state index contributed by atoms with van der Waals surface area (Å²) in [5, 5.41) is 3.79. The Kier molecular flexibility index (Phi) is 3.37. The van der Waals surface area contributed by atoms with Gasteiger partial charge in [-0.25, -0.2) is 18.9 Å². The van der Waals surface area contributed by atoms with Gasteiger partial charge in [0, 0.05) is 5.56 Å². The Morgan fingerprint density at radius 3 is 2.68 bits per heavy atom. The van der Waals surface area contributed by atoms with Crippen molar-refractivity contribution in [3.8, 4) is 5.69 Å².